The number of nitrogens with one attached hydrogen (secondary N) is 1. The van der Waals surface area contributed by atoms with Crippen LogP contribution in [-0.4, -0.2) is 19.0 Å². The van der Waals surface area contributed by atoms with E-state index in [0.717, 1.165) is 32.2 Å². The molecule has 0 aromatic heterocycles. The van der Waals surface area contributed by atoms with Gasteiger partial charge in [0.2, 0.25) is 5.91 Å². The molecule has 0 radical (unpaired) electrons. The van der Waals surface area contributed by atoms with Crippen molar-refractivity contribution in [1.82, 2.24) is 5.32 Å². The number of hydrogen-bond acceptors (Lipinski definition) is 2. The first kappa shape index (κ1) is 16.5. The van der Waals surface area contributed by atoms with Crippen molar-refractivity contribution in [1.29, 1.82) is 0 Å². The topological polar surface area (TPSA) is 55.1 Å². The minimum absolute atomic E-state index is 0.187. The van der Waals surface area contributed by atoms with Crippen LogP contribution in [0.3, 0.4) is 0 Å². The van der Waals surface area contributed by atoms with E-state index in [1.54, 1.807) is 0 Å². The van der Waals surface area contributed by atoms with Crippen LogP contribution in [0.1, 0.15) is 72.1 Å². The standard InChI is InChI=1S/C16H32N2O/c1-4-8-16(12-17,9-5-2)14(19)18-13-15(3)10-6-7-11-15/h4-13,17H2,1-3H3,(H,18,19). The van der Waals surface area contributed by atoms with Gasteiger partial charge in [0.25, 0.3) is 0 Å². The summed E-state index contributed by atoms with van der Waals surface area (Å²) in [7, 11) is 0. The predicted octanol–water partition coefficient (Wildman–Crippen LogP) is 3.23. The van der Waals surface area contributed by atoms with Crippen LogP contribution in [0.2, 0.25) is 0 Å². The van der Waals surface area contributed by atoms with Crippen molar-refractivity contribution in [2.24, 2.45) is 16.6 Å². The lowest BCUT2D eigenvalue weighted by molar-refractivity contribution is -0.132. The molecule has 0 unspecified atom stereocenters. The van der Waals surface area contributed by atoms with Crippen molar-refractivity contribution >= 4 is 5.91 Å². The van der Waals surface area contributed by atoms with Gasteiger partial charge in [0.1, 0.15) is 0 Å². The Bertz CT molecular complexity index is 276. The highest BCUT2D eigenvalue weighted by molar-refractivity contribution is 5.82. The average Bonchev–Trinajstić information content (AvgIpc) is 2.83. The van der Waals surface area contributed by atoms with E-state index < -0.39 is 0 Å². The third kappa shape index (κ3) is 4.20. The quantitative estimate of drug-likeness (QED) is 0.710. The molecule has 3 N–H and O–H groups in total. The molecule has 1 rings (SSSR count). The Hall–Kier alpha value is -0.570. The van der Waals surface area contributed by atoms with Crippen molar-refractivity contribution in [3.63, 3.8) is 0 Å². The molecule has 1 aliphatic carbocycles. The zero-order chi connectivity index (χ0) is 14.4. The van der Waals surface area contributed by atoms with Crippen LogP contribution in [0.4, 0.5) is 0 Å². The van der Waals surface area contributed by atoms with Crippen LogP contribution in [0.15, 0.2) is 0 Å². The molecule has 0 saturated heterocycles. The van der Waals surface area contributed by atoms with Gasteiger partial charge in [-0.1, -0.05) is 46.5 Å². The summed E-state index contributed by atoms with van der Waals surface area (Å²) in [6.45, 7) is 7.85. The summed E-state index contributed by atoms with van der Waals surface area (Å²) in [5, 5.41) is 3.21. The number of carbonyl (C=O) groups is 1. The summed E-state index contributed by atoms with van der Waals surface area (Å²) in [4.78, 5) is 12.6. The van der Waals surface area contributed by atoms with Crippen LogP contribution in [-0.2, 0) is 4.79 Å². The molecule has 0 aromatic carbocycles. The number of rotatable bonds is 8. The van der Waals surface area contributed by atoms with E-state index in [1.807, 2.05) is 0 Å². The zero-order valence-corrected chi connectivity index (χ0v) is 13.1. The number of carbonyl (C=O) groups excluding carboxylic acids is 1. The van der Waals surface area contributed by atoms with Crippen molar-refractivity contribution in [3.8, 4) is 0 Å². The minimum Gasteiger partial charge on any atom is -0.355 e. The predicted molar refractivity (Wildman–Crippen MR) is 80.9 cm³/mol. The molecule has 1 aliphatic rings. The monoisotopic (exact) mass is 268 g/mol. The molecule has 3 nitrogen and oxygen atoms in total. The summed E-state index contributed by atoms with van der Waals surface area (Å²) in [5.74, 6) is 0.187. The molecule has 0 aliphatic heterocycles. The second kappa shape index (κ2) is 7.28. The molecule has 1 saturated carbocycles. The summed E-state index contributed by atoms with van der Waals surface area (Å²) in [6.07, 6.45) is 8.93. The lowest BCUT2D eigenvalue weighted by Crippen LogP contribution is -2.48. The second-order valence-electron chi connectivity index (χ2n) is 6.68. The first-order valence-electron chi connectivity index (χ1n) is 8.00. The van der Waals surface area contributed by atoms with E-state index in [-0.39, 0.29) is 11.3 Å². The molecular weight excluding hydrogens is 236 g/mol. The molecule has 0 bridgehead atoms. The van der Waals surface area contributed by atoms with Gasteiger partial charge in [-0.15, -0.1) is 0 Å². The fourth-order valence-corrected chi connectivity index (χ4v) is 3.49. The third-order valence-electron chi connectivity index (χ3n) is 4.82. The Balaban J connectivity index is 2.60. The van der Waals surface area contributed by atoms with Gasteiger partial charge in [-0.25, -0.2) is 0 Å². The molecule has 1 amide bonds. The maximum atomic E-state index is 12.6. The molecule has 1 fully saturated rings. The summed E-state index contributed by atoms with van der Waals surface area (Å²) in [6, 6.07) is 0. The number of nitrogens with two attached hydrogens (primary N) is 1. The van der Waals surface area contributed by atoms with Crippen LogP contribution in [0.25, 0.3) is 0 Å². The Morgan fingerprint density at radius 1 is 1.21 bits per heavy atom. The summed E-state index contributed by atoms with van der Waals surface area (Å²) in [5.41, 5.74) is 5.92. The van der Waals surface area contributed by atoms with E-state index >= 15 is 0 Å². The van der Waals surface area contributed by atoms with Crippen molar-refractivity contribution in [3.05, 3.63) is 0 Å². The van der Waals surface area contributed by atoms with E-state index in [1.165, 1.54) is 25.7 Å². The third-order valence-corrected chi connectivity index (χ3v) is 4.82. The molecule has 0 aromatic rings. The van der Waals surface area contributed by atoms with Gasteiger partial charge in [0, 0.05) is 13.1 Å². The van der Waals surface area contributed by atoms with Crippen molar-refractivity contribution in [2.45, 2.75) is 72.1 Å². The van der Waals surface area contributed by atoms with Gasteiger partial charge in [0.05, 0.1) is 5.41 Å². The van der Waals surface area contributed by atoms with Crippen LogP contribution in [0.5, 0.6) is 0 Å². The fourth-order valence-electron chi connectivity index (χ4n) is 3.49. The molecule has 0 atom stereocenters. The van der Waals surface area contributed by atoms with Gasteiger partial charge in [-0.3, -0.25) is 4.79 Å². The van der Waals surface area contributed by atoms with Crippen LogP contribution < -0.4 is 11.1 Å². The zero-order valence-electron chi connectivity index (χ0n) is 13.1. The van der Waals surface area contributed by atoms with Gasteiger partial charge in [0.15, 0.2) is 0 Å². The lowest BCUT2D eigenvalue weighted by Gasteiger charge is -2.33. The van der Waals surface area contributed by atoms with Crippen molar-refractivity contribution < 1.29 is 4.79 Å². The average molecular weight is 268 g/mol. The van der Waals surface area contributed by atoms with Crippen LogP contribution in [0, 0.1) is 10.8 Å². The molecular formula is C16H32N2O. The van der Waals surface area contributed by atoms with Crippen LogP contribution >= 0.6 is 0 Å². The first-order valence-corrected chi connectivity index (χ1v) is 8.00. The molecule has 19 heavy (non-hydrogen) atoms. The van der Waals surface area contributed by atoms with Crippen molar-refractivity contribution in [2.75, 3.05) is 13.1 Å². The van der Waals surface area contributed by atoms with Gasteiger partial charge < -0.3 is 11.1 Å². The molecule has 0 heterocycles. The lowest BCUT2D eigenvalue weighted by atomic mass is 9.78. The van der Waals surface area contributed by atoms with Gasteiger partial charge >= 0.3 is 0 Å². The maximum absolute atomic E-state index is 12.6. The highest BCUT2D eigenvalue weighted by Crippen LogP contribution is 2.37. The number of amides is 1. The Morgan fingerprint density at radius 3 is 2.16 bits per heavy atom. The SMILES string of the molecule is CCCC(CN)(CCC)C(=O)NCC1(C)CCCC1. The Labute approximate surface area is 118 Å². The Morgan fingerprint density at radius 2 is 1.74 bits per heavy atom. The van der Waals surface area contributed by atoms with E-state index in [9.17, 15) is 4.79 Å². The van der Waals surface area contributed by atoms with E-state index in [0.29, 0.717) is 12.0 Å². The fraction of sp³-hybridized carbons (Fsp3) is 0.938. The molecule has 3 heteroatoms. The second-order valence-corrected chi connectivity index (χ2v) is 6.68. The summed E-state index contributed by atoms with van der Waals surface area (Å²) < 4.78 is 0. The van der Waals surface area contributed by atoms with Gasteiger partial charge in [-0.2, -0.15) is 0 Å². The smallest absolute Gasteiger partial charge is 0.227 e. The molecule has 0 spiro atoms. The number of hydrogen-bond donors (Lipinski definition) is 2. The summed E-state index contributed by atoms with van der Waals surface area (Å²) >= 11 is 0. The largest absolute Gasteiger partial charge is 0.355 e. The van der Waals surface area contributed by atoms with E-state index in [4.69, 9.17) is 5.73 Å². The highest BCUT2D eigenvalue weighted by atomic mass is 16.2. The maximum Gasteiger partial charge on any atom is 0.227 e. The molecule has 112 valence electrons. The highest BCUT2D eigenvalue weighted by Gasteiger charge is 2.37. The Kier molecular flexibility index (Phi) is 6.31. The van der Waals surface area contributed by atoms with E-state index in [2.05, 4.69) is 26.1 Å². The minimum atomic E-state index is -0.335. The normalized spacial score (nSPS) is 18.5. The first-order chi connectivity index (χ1) is 9.02. The van der Waals surface area contributed by atoms with Gasteiger partial charge in [-0.05, 0) is 31.1 Å².